The molecule has 2 nitrogen and oxygen atoms in total. The van der Waals surface area contributed by atoms with Gasteiger partial charge in [-0.25, -0.2) is 0 Å². The van der Waals surface area contributed by atoms with Crippen molar-refractivity contribution in [3.63, 3.8) is 0 Å². The number of benzene rings is 1. The molecule has 0 N–H and O–H groups in total. The Morgan fingerprint density at radius 2 is 2.40 bits per heavy atom. The van der Waals surface area contributed by atoms with Crippen molar-refractivity contribution in [3.05, 3.63) is 36.1 Å². The molecule has 0 atom stereocenters. The Bertz CT molecular complexity index is 266. The quantitative estimate of drug-likeness (QED) is 0.502. The Kier molecular flexibility index (Phi) is 1.10. The molecule has 0 unspecified atom stereocenters. The van der Waals surface area contributed by atoms with E-state index in [1.165, 1.54) is 6.26 Å². The third-order valence-corrected chi connectivity index (χ3v) is 1.28. The van der Waals surface area contributed by atoms with Gasteiger partial charge in [-0.1, -0.05) is 18.2 Å². The molecule has 1 aliphatic heterocycles. The second-order valence-corrected chi connectivity index (χ2v) is 1.94. The molecule has 0 spiro atoms. The highest BCUT2D eigenvalue weighted by Gasteiger charge is 2.03. The number of fused-ring (bicyclic) bond motifs is 1. The zero-order chi connectivity index (χ0) is 6.81. The third kappa shape index (κ3) is 0.739. The van der Waals surface area contributed by atoms with Crippen LogP contribution in [-0.2, 0) is 4.89 Å². The first kappa shape index (κ1) is 5.35. The molecule has 0 fully saturated rings. The van der Waals surface area contributed by atoms with Crippen LogP contribution in [0.5, 0.6) is 5.75 Å². The highest BCUT2D eigenvalue weighted by Crippen LogP contribution is 2.21. The van der Waals surface area contributed by atoms with E-state index in [0.29, 0.717) is 5.75 Å². The molecule has 49 valence electrons. The van der Waals surface area contributed by atoms with Crippen molar-refractivity contribution in [2.45, 2.75) is 0 Å². The van der Waals surface area contributed by atoms with Crippen LogP contribution in [0.15, 0.2) is 24.5 Å². The summed E-state index contributed by atoms with van der Waals surface area (Å²) in [6, 6.07) is 8.51. The monoisotopic (exact) mass is 133 g/mol. The smallest absolute Gasteiger partial charge is 0.193 e. The maximum absolute atomic E-state index is 4.78. The fourth-order valence-electron chi connectivity index (χ4n) is 0.815. The Hall–Kier alpha value is -1.44. The molecule has 0 aromatic heterocycles. The van der Waals surface area contributed by atoms with Crippen molar-refractivity contribution in [2.75, 3.05) is 0 Å². The van der Waals surface area contributed by atoms with Gasteiger partial charge >= 0.3 is 0 Å². The van der Waals surface area contributed by atoms with Crippen molar-refractivity contribution < 1.29 is 9.78 Å². The van der Waals surface area contributed by atoms with E-state index >= 15 is 0 Å². The Morgan fingerprint density at radius 3 is 3.30 bits per heavy atom. The first-order valence-electron chi connectivity index (χ1n) is 2.97. The summed E-state index contributed by atoms with van der Waals surface area (Å²) in [5.74, 6) is 0.644. The first-order valence-corrected chi connectivity index (χ1v) is 2.97. The van der Waals surface area contributed by atoms with Gasteiger partial charge in [0.15, 0.2) is 5.75 Å². The van der Waals surface area contributed by atoms with E-state index < -0.39 is 0 Å². The van der Waals surface area contributed by atoms with Crippen molar-refractivity contribution >= 4 is 6.08 Å². The lowest BCUT2D eigenvalue weighted by Crippen LogP contribution is -1.96. The lowest BCUT2D eigenvalue weighted by atomic mass is 10.2. The van der Waals surface area contributed by atoms with Crippen molar-refractivity contribution in [1.29, 1.82) is 0 Å². The summed E-state index contributed by atoms with van der Waals surface area (Å²) in [6.45, 7) is 0. The van der Waals surface area contributed by atoms with Gasteiger partial charge in [-0.3, -0.25) is 9.78 Å². The second kappa shape index (κ2) is 2.06. The molecule has 2 heteroatoms. The van der Waals surface area contributed by atoms with Crippen molar-refractivity contribution in [1.82, 2.24) is 0 Å². The maximum atomic E-state index is 4.78. The summed E-state index contributed by atoms with van der Waals surface area (Å²) in [7, 11) is 0. The van der Waals surface area contributed by atoms with E-state index in [1.54, 1.807) is 6.07 Å². The van der Waals surface area contributed by atoms with Gasteiger partial charge in [-0.15, -0.1) is 0 Å². The second-order valence-electron chi connectivity index (χ2n) is 1.94. The van der Waals surface area contributed by atoms with Crippen molar-refractivity contribution in [3.8, 4) is 5.75 Å². The van der Waals surface area contributed by atoms with Crippen LogP contribution < -0.4 is 4.89 Å². The van der Waals surface area contributed by atoms with Gasteiger partial charge in [0.25, 0.3) is 0 Å². The van der Waals surface area contributed by atoms with E-state index in [0.717, 1.165) is 5.56 Å². The zero-order valence-corrected chi connectivity index (χ0v) is 5.20. The number of rotatable bonds is 0. The predicted molar refractivity (Wildman–Crippen MR) is 36.0 cm³/mol. The van der Waals surface area contributed by atoms with E-state index in [2.05, 4.69) is 11.0 Å². The molecule has 10 heavy (non-hydrogen) atoms. The molecule has 0 bridgehead atoms. The average molecular weight is 133 g/mol. The van der Waals surface area contributed by atoms with Crippen LogP contribution in [0.3, 0.4) is 0 Å². The van der Waals surface area contributed by atoms with Gasteiger partial charge in [-0.05, 0) is 6.08 Å². The fraction of sp³-hybridized carbons (Fsp3) is 0. The van der Waals surface area contributed by atoms with E-state index in [9.17, 15) is 0 Å². The fourth-order valence-corrected chi connectivity index (χ4v) is 0.815. The van der Waals surface area contributed by atoms with Crippen LogP contribution in [0.4, 0.5) is 0 Å². The maximum Gasteiger partial charge on any atom is 0.193 e. The lowest BCUT2D eigenvalue weighted by molar-refractivity contribution is -0.151. The molecule has 1 aliphatic rings. The van der Waals surface area contributed by atoms with Crippen LogP contribution in [0.1, 0.15) is 5.56 Å². The molecule has 1 aromatic carbocycles. The van der Waals surface area contributed by atoms with Gasteiger partial charge < -0.3 is 0 Å². The minimum absolute atomic E-state index is 0.644. The van der Waals surface area contributed by atoms with E-state index in [4.69, 9.17) is 4.89 Å². The Labute approximate surface area is 58.6 Å². The largest absolute Gasteiger partial charge is 0.298 e. The summed E-state index contributed by atoms with van der Waals surface area (Å²) in [5.41, 5.74) is 0.994. The molecule has 0 saturated carbocycles. The molecule has 2 rings (SSSR count). The normalized spacial score (nSPS) is 13.2. The molecular weight excluding hydrogens is 128 g/mol. The Morgan fingerprint density at radius 1 is 1.40 bits per heavy atom. The molecule has 0 amide bonds. The summed E-state index contributed by atoms with van der Waals surface area (Å²) in [5, 5.41) is 0. The summed E-state index contributed by atoms with van der Waals surface area (Å²) < 4.78 is 0. The van der Waals surface area contributed by atoms with E-state index in [1.807, 2.05) is 18.2 Å². The highest BCUT2D eigenvalue weighted by atomic mass is 17.2. The van der Waals surface area contributed by atoms with Crippen LogP contribution >= 0.6 is 0 Å². The van der Waals surface area contributed by atoms with E-state index in [-0.39, 0.29) is 0 Å². The van der Waals surface area contributed by atoms with Gasteiger partial charge in [0.2, 0.25) is 0 Å². The molecule has 1 radical (unpaired) electrons. The minimum Gasteiger partial charge on any atom is -0.298 e. The summed E-state index contributed by atoms with van der Waals surface area (Å²) >= 11 is 0. The standard InChI is InChI=1S/C8H5O2/c1-2-4-8-7(3-1)5-6-9-10-8/h1-3,5-6H. The number of para-hydroxylation sites is 1. The van der Waals surface area contributed by atoms with Gasteiger partial charge in [0, 0.05) is 11.6 Å². The number of hydrogen-bond acceptors (Lipinski definition) is 2. The molecular formula is C8H5O2. The van der Waals surface area contributed by atoms with Crippen LogP contribution in [0.2, 0.25) is 0 Å². The first-order chi connectivity index (χ1) is 4.97. The number of hydrogen-bond donors (Lipinski definition) is 0. The minimum atomic E-state index is 0.644. The third-order valence-electron chi connectivity index (χ3n) is 1.28. The van der Waals surface area contributed by atoms with Gasteiger partial charge in [0.05, 0.1) is 0 Å². The van der Waals surface area contributed by atoms with Gasteiger partial charge in [0.1, 0.15) is 6.26 Å². The van der Waals surface area contributed by atoms with Crippen LogP contribution in [0, 0.1) is 6.07 Å². The molecule has 1 aromatic rings. The highest BCUT2D eigenvalue weighted by molar-refractivity contribution is 5.56. The van der Waals surface area contributed by atoms with Crippen molar-refractivity contribution in [2.24, 2.45) is 0 Å². The zero-order valence-electron chi connectivity index (χ0n) is 5.20. The summed E-state index contributed by atoms with van der Waals surface area (Å²) in [6.07, 6.45) is 3.32. The van der Waals surface area contributed by atoms with Crippen LogP contribution in [-0.4, -0.2) is 0 Å². The summed E-state index contributed by atoms with van der Waals surface area (Å²) in [4.78, 5) is 9.37. The van der Waals surface area contributed by atoms with Gasteiger partial charge in [-0.2, -0.15) is 0 Å². The predicted octanol–water partition coefficient (Wildman–Crippen LogP) is 1.78. The topological polar surface area (TPSA) is 18.5 Å². The SMILES string of the molecule is [c]1cccc2c1OOC=C2. The molecule has 1 heterocycles. The average Bonchev–Trinajstić information content (AvgIpc) is 2.05. The molecule has 0 saturated heterocycles. The van der Waals surface area contributed by atoms with Crippen LogP contribution in [0.25, 0.3) is 6.08 Å². The lowest BCUT2D eigenvalue weighted by Gasteiger charge is -2.08. The molecule has 0 aliphatic carbocycles. The Balaban J connectivity index is 2.54.